The Labute approximate surface area is 206 Å². The maximum Gasteiger partial charge on any atom is 0.335 e. The Kier molecular flexibility index (Phi) is 5.94. The highest BCUT2D eigenvalue weighted by Gasteiger charge is 2.27. The predicted molar refractivity (Wildman–Crippen MR) is 128 cm³/mol. The van der Waals surface area contributed by atoms with Gasteiger partial charge in [0.25, 0.3) is 11.8 Å². The third-order valence-corrected chi connectivity index (χ3v) is 7.32. The normalized spacial score (nSPS) is 13.9. The van der Waals surface area contributed by atoms with Gasteiger partial charge in [-0.2, -0.15) is 5.10 Å². The largest absolute Gasteiger partial charge is 0.408 e. The molecule has 1 aliphatic rings. The number of carbonyl (C=O) groups excluding carboxylic acids is 1. The second-order valence-corrected chi connectivity index (χ2v) is 11.0. The third-order valence-electron chi connectivity index (χ3n) is 5.87. The van der Waals surface area contributed by atoms with E-state index in [0.29, 0.717) is 28.0 Å². The molecule has 11 nitrogen and oxygen atoms in total. The standard InChI is InChI=1S/C23H24FN7O4S/c1-4-36(33,34)23-30-29-22(35-23)15-10-31-19(18(15)12(2)3)20(25-11-26-31)28-17-9-13(5-8-16(17)24)21(32)27-14-6-7-14/h5,8-12,14H,4,6-7H2,1-3H3,(H,27,32)(H,25,26,28). The second kappa shape index (κ2) is 8.97. The number of hydrogen-bond acceptors (Lipinski definition) is 9. The van der Waals surface area contributed by atoms with E-state index >= 15 is 0 Å². The maximum atomic E-state index is 14.7. The molecule has 0 unspecified atom stereocenters. The summed E-state index contributed by atoms with van der Waals surface area (Å²) in [5, 5.41) is 17.3. The third kappa shape index (κ3) is 4.41. The van der Waals surface area contributed by atoms with Crippen LogP contribution >= 0.6 is 0 Å². The van der Waals surface area contributed by atoms with Crippen molar-refractivity contribution in [2.24, 2.45) is 0 Å². The van der Waals surface area contributed by atoms with Gasteiger partial charge in [0.2, 0.25) is 9.84 Å². The molecular weight excluding hydrogens is 489 g/mol. The molecule has 188 valence electrons. The number of anilines is 2. The number of sulfone groups is 1. The Morgan fingerprint density at radius 1 is 1.28 bits per heavy atom. The number of fused-ring (bicyclic) bond motifs is 1. The van der Waals surface area contributed by atoms with Crippen molar-refractivity contribution in [3.8, 4) is 11.5 Å². The van der Waals surface area contributed by atoms with E-state index in [1.54, 1.807) is 6.20 Å². The SMILES string of the molecule is CCS(=O)(=O)c1nnc(-c2cn3ncnc(Nc4cc(C(=O)NC5CC5)ccc4F)c3c2C(C)C)o1. The minimum atomic E-state index is -3.68. The van der Waals surface area contributed by atoms with Crippen LogP contribution in [-0.2, 0) is 9.84 Å². The van der Waals surface area contributed by atoms with Gasteiger partial charge in [-0.15, -0.1) is 5.10 Å². The van der Waals surface area contributed by atoms with Crippen LogP contribution in [0.1, 0.15) is 55.5 Å². The van der Waals surface area contributed by atoms with E-state index in [1.165, 1.54) is 36.0 Å². The number of carbonyl (C=O) groups is 1. The fourth-order valence-corrected chi connectivity index (χ4v) is 4.45. The molecule has 0 saturated heterocycles. The van der Waals surface area contributed by atoms with Gasteiger partial charge in [0.1, 0.15) is 17.7 Å². The lowest BCUT2D eigenvalue weighted by molar-refractivity contribution is 0.0951. The topological polar surface area (TPSA) is 144 Å². The van der Waals surface area contributed by atoms with Gasteiger partial charge in [0.05, 0.1) is 17.0 Å². The average molecular weight is 514 g/mol. The van der Waals surface area contributed by atoms with E-state index in [9.17, 15) is 17.6 Å². The smallest absolute Gasteiger partial charge is 0.335 e. The van der Waals surface area contributed by atoms with Crippen LogP contribution < -0.4 is 10.6 Å². The molecule has 5 rings (SSSR count). The summed E-state index contributed by atoms with van der Waals surface area (Å²) in [5.74, 6) is -0.789. The highest BCUT2D eigenvalue weighted by Crippen LogP contribution is 2.37. The summed E-state index contributed by atoms with van der Waals surface area (Å²) in [6.45, 7) is 5.35. The predicted octanol–water partition coefficient (Wildman–Crippen LogP) is 3.47. The molecule has 0 bridgehead atoms. The quantitative estimate of drug-likeness (QED) is 0.362. The Morgan fingerprint density at radius 2 is 2.06 bits per heavy atom. The van der Waals surface area contributed by atoms with Gasteiger partial charge in [0, 0.05) is 17.8 Å². The molecule has 4 aromatic rings. The molecule has 0 radical (unpaired) electrons. The van der Waals surface area contributed by atoms with Gasteiger partial charge < -0.3 is 15.1 Å². The summed E-state index contributed by atoms with van der Waals surface area (Å²) in [5.41, 5.74) is 2.10. The van der Waals surface area contributed by atoms with E-state index in [1.807, 2.05) is 13.8 Å². The van der Waals surface area contributed by atoms with Crippen LogP contribution in [0, 0.1) is 5.82 Å². The van der Waals surface area contributed by atoms with Gasteiger partial charge in [-0.05, 0) is 42.5 Å². The molecule has 1 aromatic carbocycles. The molecule has 1 amide bonds. The van der Waals surface area contributed by atoms with E-state index < -0.39 is 20.9 Å². The first-order chi connectivity index (χ1) is 17.2. The lowest BCUT2D eigenvalue weighted by Crippen LogP contribution is -2.25. The molecule has 1 saturated carbocycles. The van der Waals surface area contributed by atoms with Crippen molar-refractivity contribution in [3.63, 3.8) is 0 Å². The van der Waals surface area contributed by atoms with Crippen molar-refractivity contribution >= 4 is 32.8 Å². The molecule has 0 atom stereocenters. The van der Waals surface area contributed by atoms with Gasteiger partial charge in [0.15, 0.2) is 5.82 Å². The first-order valence-electron chi connectivity index (χ1n) is 11.5. The van der Waals surface area contributed by atoms with Crippen molar-refractivity contribution in [3.05, 3.63) is 47.7 Å². The highest BCUT2D eigenvalue weighted by molar-refractivity contribution is 7.91. The van der Waals surface area contributed by atoms with Crippen LogP contribution in [0.4, 0.5) is 15.9 Å². The Hall–Kier alpha value is -3.87. The van der Waals surface area contributed by atoms with Crippen molar-refractivity contribution in [2.75, 3.05) is 11.1 Å². The van der Waals surface area contributed by atoms with Crippen LogP contribution in [-0.4, -0.2) is 50.9 Å². The monoisotopic (exact) mass is 513 g/mol. The molecule has 2 N–H and O–H groups in total. The van der Waals surface area contributed by atoms with Crippen LogP contribution in [0.25, 0.3) is 17.0 Å². The number of amides is 1. The number of nitrogens with one attached hydrogen (secondary N) is 2. The molecule has 1 fully saturated rings. The minimum Gasteiger partial charge on any atom is -0.408 e. The lowest BCUT2D eigenvalue weighted by Gasteiger charge is -2.12. The minimum absolute atomic E-state index is 0.0205. The van der Waals surface area contributed by atoms with Crippen LogP contribution in [0.15, 0.2) is 40.4 Å². The molecule has 13 heteroatoms. The van der Waals surface area contributed by atoms with Gasteiger partial charge in [-0.3, -0.25) is 4.79 Å². The number of hydrogen-bond donors (Lipinski definition) is 2. The lowest BCUT2D eigenvalue weighted by atomic mass is 10.00. The van der Waals surface area contributed by atoms with Crippen LogP contribution in [0.2, 0.25) is 0 Å². The fraction of sp³-hybridized carbons (Fsp3) is 0.348. The Balaban J connectivity index is 1.57. The molecular formula is C23H24FN7O4S. The Bertz CT molecular complexity index is 1570. The van der Waals surface area contributed by atoms with Crippen LogP contribution in [0.3, 0.4) is 0 Å². The first kappa shape index (κ1) is 23.9. The molecule has 3 heterocycles. The number of nitrogens with zero attached hydrogens (tertiary/aromatic N) is 5. The average Bonchev–Trinajstić information content (AvgIpc) is 3.36. The number of aromatic nitrogens is 5. The van der Waals surface area contributed by atoms with Crippen molar-refractivity contribution < 1.29 is 22.0 Å². The molecule has 3 aromatic heterocycles. The van der Waals surface area contributed by atoms with Gasteiger partial charge >= 0.3 is 5.22 Å². The number of rotatable bonds is 8. The van der Waals surface area contributed by atoms with Gasteiger partial charge in [-0.25, -0.2) is 22.3 Å². The maximum absolute atomic E-state index is 14.7. The van der Waals surface area contributed by atoms with Crippen molar-refractivity contribution in [1.82, 2.24) is 30.1 Å². The van der Waals surface area contributed by atoms with E-state index in [2.05, 4.69) is 30.9 Å². The fourth-order valence-electron chi connectivity index (χ4n) is 3.84. The zero-order chi connectivity index (χ0) is 25.6. The molecule has 0 aliphatic heterocycles. The summed E-state index contributed by atoms with van der Waals surface area (Å²) in [4.78, 5) is 16.8. The summed E-state index contributed by atoms with van der Waals surface area (Å²) >= 11 is 0. The van der Waals surface area contributed by atoms with Crippen molar-refractivity contribution in [2.45, 2.75) is 50.8 Å². The van der Waals surface area contributed by atoms with E-state index in [-0.39, 0.29) is 35.2 Å². The van der Waals surface area contributed by atoms with Crippen LogP contribution in [0.5, 0.6) is 0 Å². The Morgan fingerprint density at radius 3 is 2.75 bits per heavy atom. The zero-order valence-electron chi connectivity index (χ0n) is 19.8. The highest BCUT2D eigenvalue weighted by atomic mass is 32.2. The second-order valence-electron chi connectivity index (χ2n) is 8.86. The first-order valence-corrected chi connectivity index (χ1v) is 13.1. The molecule has 36 heavy (non-hydrogen) atoms. The number of halogens is 1. The summed E-state index contributed by atoms with van der Waals surface area (Å²) in [7, 11) is -3.68. The zero-order valence-corrected chi connectivity index (χ0v) is 20.6. The molecule has 0 spiro atoms. The van der Waals surface area contributed by atoms with Gasteiger partial charge in [-0.1, -0.05) is 25.9 Å². The van der Waals surface area contributed by atoms with E-state index in [4.69, 9.17) is 4.42 Å². The summed E-state index contributed by atoms with van der Waals surface area (Å²) in [6.07, 6.45) is 4.81. The van der Waals surface area contributed by atoms with E-state index in [0.717, 1.165) is 12.8 Å². The summed E-state index contributed by atoms with van der Waals surface area (Å²) in [6, 6.07) is 4.26. The molecule has 1 aliphatic carbocycles. The summed E-state index contributed by atoms with van der Waals surface area (Å²) < 4.78 is 46.1. The van der Waals surface area contributed by atoms with Crippen molar-refractivity contribution in [1.29, 1.82) is 0 Å². The number of benzene rings is 1.